The Hall–Kier alpha value is -1.47. The molecule has 0 aliphatic heterocycles. The van der Waals surface area contributed by atoms with Gasteiger partial charge in [0, 0.05) is 33.0 Å². The van der Waals surface area contributed by atoms with E-state index in [0.717, 1.165) is 0 Å². The van der Waals surface area contributed by atoms with Crippen LogP contribution in [0.2, 0.25) is 0 Å². The van der Waals surface area contributed by atoms with Crippen LogP contribution in [0.1, 0.15) is 19.3 Å². The normalized spacial score (nSPS) is 21.9. The number of methoxy groups -OCH3 is 4. The minimum atomic E-state index is -1.09. The summed E-state index contributed by atoms with van der Waals surface area (Å²) < 4.78 is 19.6. The van der Waals surface area contributed by atoms with Crippen LogP contribution in [0.15, 0.2) is 0 Å². The monoisotopic (exact) mass is 302 g/mol. The second-order valence-corrected chi connectivity index (χ2v) is 4.94. The first-order chi connectivity index (χ1) is 9.99. The van der Waals surface area contributed by atoms with Crippen molar-refractivity contribution in [2.45, 2.75) is 25.6 Å². The molecule has 0 aromatic carbocycles. The van der Waals surface area contributed by atoms with Crippen molar-refractivity contribution in [1.82, 2.24) is 0 Å². The number of carbonyl (C=O) groups is 3. The molecule has 0 saturated heterocycles. The topological polar surface area (TPSA) is 88.1 Å². The van der Waals surface area contributed by atoms with Gasteiger partial charge in [0.1, 0.15) is 5.78 Å². The third kappa shape index (κ3) is 4.01. The van der Waals surface area contributed by atoms with Gasteiger partial charge in [0.2, 0.25) is 0 Å². The number of hydrogen-bond acceptors (Lipinski definition) is 7. The molecular weight excluding hydrogens is 280 g/mol. The molecule has 7 heteroatoms. The highest BCUT2D eigenvalue weighted by Crippen LogP contribution is 2.38. The van der Waals surface area contributed by atoms with E-state index in [4.69, 9.17) is 9.47 Å². The molecule has 0 aromatic rings. The van der Waals surface area contributed by atoms with E-state index >= 15 is 0 Å². The Bertz CT molecular complexity index is 373. The van der Waals surface area contributed by atoms with Crippen molar-refractivity contribution in [3.05, 3.63) is 0 Å². The van der Waals surface area contributed by atoms with Gasteiger partial charge in [-0.15, -0.1) is 0 Å². The first kappa shape index (κ1) is 17.6. The first-order valence-electron chi connectivity index (χ1n) is 6.74. The van der Waals surface area contributed by atoms with Crippen molar-refractivity contribution in [2.24, 2.45) is 17.8 Å². The van der Waals surface area contributed by atoms with E-state index in [0.29, 0.717) is 19.3 Å². The molecule has 0 heterocycles. The summed E-state index contributed by atoms with van der Waals surface area (Å²) in [5, 5.41) is 0. The van der Waals surface area contributed by atoms with Crippen molar-refractivity contribution < 1.29 is 33.3 Å². The highest BCUT2D eigenvalue weighted by molar-refractivity contribution is 5.97. The lowest BCUT2D eigenvalue weighted by molar-refractivity contribution is -0.164. The Balaban J connectivity index is 2.97. The van der Waals surface area contributed by atoms with E-state index in [1.165, 1.54) is 28.4 Å². The fourth-order valence-electron chi connectivity index (χ4n) is 2.84. The zero-order valence-electron chi connectivity index (χ0n) is 12.8. The third-order valence-corrected chi connectivity index (χ3v) is 3.97. The quantitative estimate of drug-likeness (QED) is 0.385. The maximum absolute atomic E-state index is 12.1. The molecule has 1 saturated carbocycles. The summed E-state index contributed by atoms with van der Waals surface area (Å²) in [4.78, 5) is 35.8. The molecule has 2 atom stereocenters. The van der Waals surface area contributed by atoms with E-state index in [2.05, 4.69) is 9.47 Å². The maximum atomic E-state index is 12.1. The van der Waals surface area contributed by atoms with E-state index < -0.39 is 36.0 Å². The largest absolute Gasteiger partial charge is 0.468 e. The highest BCUT2D eigenvalue weighted by Gasteiger charge is 2.47. The van der Waals surface area contributed by atoms with Gasteiger partial charge in [-0.1, -0.05) is 0 Å². The number of ether oxygens (including phenoxy) is 4. The van der Waals surface area contributed by atoms with Crippen molar-refractivity contribution in [3.63, 3.8) is 0 Å². The summed E-state index contributed by atoms with van der Waals surface area (Å²) in [5.41, 5.74) is 0. The molecule has 0 aromatic heterocycles. The number of ketones is 1. The predicted molar refractivity (Wildman–Crippen MR) is 71.2 cm³/mol. The Morgan fingerprint density at radius 1 is 1.10 bits per heavy atom. The molecule has 1 aliphatic carbocycles. The molecule has 21 heavy (non-hydrogen) atoms. The van der Waals surface area contributed by atoms with Crippen molar-refractivity contribution in [3.8, 4) is 0 Å². The van der Waals surface area contributed by atoms with Gasteiger partial charge in [-0.3, -0.25) is 14.4 Å². The Morgan fingerprint density at radius 3 is 2.05 bits per heavy atom. The Kier molecular flexibility index (Phi) is 6.77. The van der Waals surface area contributed by atoms with Crippen LogP contribution in [0.3, 0.4) is 0 Å². The minimum Gasteiger partial charge on any atom is -0.468 e. The van der Waals surface area contributed by atoms with Gasteiger partial charge in [0.15, 0.2) is 12.2 Å². The van der Waals surface area contributed by atoms with Gasteiger partial charge >= 0.3 is 11.9 Å². The molecule has 1 aliphatic rings. The molecule has 1 rings (SSSR count). The van der Waals surface area contributed by atoms with Gasteiger partial charge in [0.05, 0.1) is 14.2 Å². The summed E-state index contributed by atoms with van der Waals surface area (Å²) >= 11 is 0. The van der Waals surface area contributed by atoms with Gasteiger partial charge in [-0.05, 0) is 12.3 Å². The van der Waals surface area contributed by atoms with Gasteiger partial charge in [-0.25, -0.2) is 0 Å². The molecule has 0 N–H and O–H groups in total. The lowest BCUT2D eigenvalue weighted by Gasteiger charge is -2.26. The summed E-state index contributed by atoms with van der Waals surface area (Å²) in [6, 6.07) is 0. The zero-order valence-corrected chi connectivity index (χ0v) is 12.8. The zero-order chi connectivity index (χ0) is 16.0. The van der Waals surface area contributed by atoms with Crippen LogP contribution in [-0.4, -0.2) is 52.5 Å². The molecule has 120 valence electrons. The minimum absolute atomic E-state index is 0.00286. The standard InChI is InChI=1S/C14H22O7/c1-18-11(19-2)7-9-8(5-6-10(9)15)12(13(16)20-3)14(17)21-4/h8-9,11-12H,5-7H2,1-4H3. The second-order valence-electron chi connectivity index (χ2n) is 4.94. The van der Waals surface area contributed by atoms with Crippen LogP contribution in [0.5, 0.6) is 0 Å². The number of esters is 2. The van der Waals surface area contributed by atoms with Crippen molar-refractivity contribution in [2.75, 3.05) is 28.4 Å². The fraction of sp³-hybridized carbons (Fsp3) is 0.786. The predicted octanol–water partition coefficient (Wildman–Crippen LogP) is 0.553. The molecular formula is C14H22O7. The number of rotatable bonds is 7. The molecule has 0 spiro atoms. The van der Waals surface area contributed by atoms with Gasteiger partial charge < -0.3 is 18.9 Å². The fourth-order valence-corrected chi connectivity index (χ4v) is 2.84. The van der Waals surface area contributed by atoms with Crippen LogP contribution in [0.4, 0.5) is 0 Å². The van der Waals surface area contributed by atoms with Crippen LogP contribution in [0, 0.1) is 17.8 Å². The van der Waals surface area contributed by atoms with Crippen LogP contribution >= 0.6 is 0 Å². The lowest BCUT2D eigenvalue weighted by atomic mass is 9.81. The lowest BCUT2D eigenvalue weighted by Crippen LogP contribution is -2.37. The van der Waals surface area contributed by atoms with E-state index in [1.54, 1.807) is 0 Å². The molecule has 7 nitrogen and oxygen atoms in total. The average molecular weight is 302 g/mol. The van der Waals surface area contributed by atoms with Crippen LogP contribution < -0.4 is 0 Å². The number of Topliss-reactive ketones (excluding diaryl/α,β-unsaturated/α-hetero) is 1. The number of hydrogen-bond donors (Lipinski definition) is 0. The summed E-state index contributed by atoms with van der Waals surface area (Å²) in [5.74, 6) is -3.40. The Labute approximate surface area is 123 Å². The van der Waals surface area contributed by atoms with Crippen LogP contribution in [-0.2, 0) is 33.3 Å². The average Bonchev–Trinajstić information content (AvgIpc) is 2.85. The summed E-state index contributed by atoms with van der Waals surface area (Å²) in [6.45, 7) is 0. The maximum Gasteiger partial charge on any atom is 0.320 e. The second kappa shape index (κ2) is 8.09. The molecule has 0 bridgehead atoms. The highest BCUT2D eigenvalue weighted by atomic mass is 16.7. The van der Waals surface area contributed by atoms with E-state index in [-0.39, 0.29) is 5.78 Å². The number of carbonyl (C=O) groups excluding carboxylic acids is 3. The van der Waals surface area contributed by atoms with Gasteiger partial charge in [-0.2, -0.15) is 0 Å². The summed E-state index contributed by atoms with van der Waals surface area (Å²) in [7, 11) is 5.36. The summed E-state index contributed by atoms with van der Waals surface area (Å²) in [6.07, 6.45) is 0.495. The SMILES string of the molecule is COC(=O)C(C(=O)OC)C1CCC(=O)C1CC(OC)OC. The molecule has 0 radical (unpaired) electrons. The van der Waals surface area contributed by atoms with Crippen molar-refractivity contribution in [1.29, 1.82) is 0 Å². The third-order valence-electron chi connectivity index (χ3n) is 3.97. The molecule has 2 unspecified atom stereocenters. The van der Waals surface area contributed by atoms with E-state index in [1.807, 2.05) is 0 Å². The van der Waals surface area contributed by atoms with Gasteiger partial charge in [0.25, 0.3) is 0 Å². The van der Waals surface area contributed by atoms with E-state index in [9.17, 15) is 14.4 Å². The van der Waals surface area contributed by atoms with Crippen LogP contribution in [0.25, 0.3) is 0 Å². The first-order valence-corrected chi connectivity index (χ1v) is 6.74. The Morgan fingerprint density at radius 2 is 1.62 bits per heavy atom. The molecule has 0 amide bonds. The smallest absolute Gasteiger partial charge is 0.320 e. The molecule has 1 fully saturated rings. The van der Waals surface area contributed by atoms with Crippen molar-refractivity contribution >= 4 is 17.7 Å².